The molecule has 0 radical (unpaired) electrons. The van der Waals surface area contributed by atoms with E-state index >= 15 is 0 Å². The van der Waals surface area contributed by atoms with Gasteiger partial charge in [-0.05, 0) is 32.0 Å². The summed E-state index contributed by atoms with van der Waals surface area (Å²) in [7, 11) is -0.672. The fraction of sp³-hybridized carbons (Fsp3) is 0.417. The number of rotatable bonds is 4. The van der Waals surface area contributed by atoms with E-state index in [-0.39, 0.29) is 21.5 Å². The second kappa shape index (κ2) is 5.90. The van der Waals surface area contributed by atoms with Crippen molar-refractivity contribution in [2.24, 2.45) is 0 Å². The first-order valence-electron chi connectivity index (χ1n) is 5.71. The lowest BCUT2D eigenvalue weighted by atomic mass is 10.2. The number of carbonyl (C=O) groups excluding carboxylic acids is 1. The Morgan fingerprint density at radius 2 is 1.95 bits per heavy atom. The number of hydrogen-bond acceptors (Lipinski definition) is 3. The van der Waals surface area contributed by atoms with Crippen molar-refractivity contribution in [2.45, 2.75) is 24.8 Å². The van der Waals surface area contributed by atoms with E-state index in [0.717, 1.165) is 0 Å². The molecule has 0 aliphatic rings. The molecule has 0 atom stereocenters. The largest absolute Gasteiger partial charge is 0.355 e. The Morgan fingerprint density at radius 1 is 1.37 bits per heavy atom. The molecule has 0 fully saturated rings. The van der Waals surface area contributed by atoms with Gasteiger partial charge in [0.15, 0.2) is 0 Å². The fourth-order valence-corrected chi connectivity index (χ4v) is 3.02. The van der Waals surface area contributed by atoms with Crippen LogP contribution in [0.5, 0.6) is 0 Å². The number of halogens is 1. The van der Waals surface area contributed by atoms with Crippen molar-refractivity contribution < 1.29 is 13.2 Å². The Labute approximate surface area is 118 Å². The highest BCUT2D eigenvalue weighted by Crippen LogP contribution is 2.23. The monoisotopic (exact) mass is 304 g/mol. The fourth-order valence-electron chi connectivity index (χ4n) is 1.42. The van der Waals surface area contributed by atoms with Crippen LogP contribution in [0.2, 0.25) is 5.02 Å². The summed E-state index contributed by atoms with van der Waals surface area (Å²) in [4.78, 5) is 11.7. The van der Waals surface area contributed by atoms with Crippen molar-refractivity contribution in [3.63, 3.8) is 0 Å². The van der Waals surface area contributed by atoms with Crippen LogP contribution in [-0.4, -0.2) is 38.8 Å². The van der Waals surface area contributed by atoms with Crippen molar-refractivity contribution in [2.75, 3.05) is 14.1 Å². The number of nitrogens with one attached hydrogen (secondary N) is 1. The van der Waals surface area contributed by atoms with Crippen LogP contribution in [-0.2, 0) is 10.0 Å². The molecule has 0 unspecified atom stereocenters. The quantitative estimate of drug-likeness (QED) is 0.921. The molecule has 1 rings (SSSR count). The van der Waals surface area contributed by atoms with Gasteiger partial charge in [0, 0.05) is 20.1 Å². The standard InChI is InChI=1S/C12H17ClN2O3S/c1-8(2)15(4)19(17,18)9-5-6-11(13)10(7-9)12(16)14-3/h5-8H,1-4H3,(H,14,16). The highest BCUT2D eigenvalue weighted by molar-refractivity contribution is 7.89. The average molecular weight is 305 g/mol. The molecule has 1 N–H and O–H groups in total. The molecule has 0 saturated carbocycles. The van der Waals surface area contributed by atoms with E-state index in [2.05, 4.69) is 5.32 Å². The van der Waals surface area contributed by atoms with Gasteiger partial charge in [-0.2, -0.15) is 4.31 Å². The Morgan fingerprint density at radius 3 is 2.42 bits per heavy atom. The summed E-state index contributed by atoms with van der Waals surface area (Å²) in [5.41, 5.74) is 0.141. The van der Waals surface area contributed by atoms with Gasteiger partial charge >= 0.3 is 0 Å². The zero-order valence-corrected chi connectivity index (χ0v) is 12.8. The molecule has 1 aromatic carbocycles. The maximum Gasteiger partial charge on any atom is 0.252 e. The molecule has 0 heterocycles. The number of hydrogen-bond donors (Lipinski definition) is 1. The Hall–Kier alpha value is -1.11. The topological polar surface area (TPSA) is 66.5 Å². The van der Waals surface area contributed by atoms with Crippen molar-refractivity contribution in [1.29, 1.82) is 0 Å². The number of benzene rings is 1. The summed E-state index contributed by atoms with van der Waals surface area (Å²) in [6.45, 7) is 3.54. The van der Waals surface area contributed by atoms with Crippen LogP contribution >= 0.6 is 11.6 Å². The van der Waals surface area contributed by atoms with Crippen molar-refractivity contribution in [3.8, 4) is 0 Å². The minimum atomic E-state index is -3.62. The number of amides is 1. The van der Waals surface area contributed by atoms with E-state index in [1.807, 2.05) is 0 Å². The third-order valence-corrected chi connectivity index (χ3v) is 5.17. The molecule has 0 aliphatic carbocycles. The summed E-state index contributed by atoms with van der Waals surface area (Å²) >= 11 is 5.89. The maximum absolute atomic E-state index is 12.3. The molecule has 19 heavy (non-hydrogen) atoms. The van der Waals surface area contributed by atoms with Crippen molar-refractivity contribution in [3.05, 3.63) is 28.8 Å². The van der Waals surface area contributed by atoms with Crippen molar-refractivity contribution in [1.82, 2.24) is 9.62 Å². The second-order valence-electron chi connectivity index (χ2n) is 4.34. The van der Waals surface area contributed by atoms with Crippen LogP contribution in [0.15, 0.2) is 23.1 Å². The molecule has 7 heteroatoms. The highest BCUT2D eigenvalue weighted by atomic mass is 35.5. The van der Waals surface area contributed by atoms with Crippen LogP contribution in [0.3, 0.4) is 0 Å². The van der Waals surface area contributed by atoms with Crippen LogP contribution in [0.4, 0.5) is 0 Å². The van der Waals surface area contributed by atoms with Gasteiger partial charge in [-0.25, -0.2) is 8.42 Å². The maximum atomic E-state index is 12.3. The molecule has 0 aliphatic heterocycles. The normalized spacial score (nSPS) is 11.9. The lowest BCUT2D eigenvalue weighted by Gasteiger charge is -2.21. The average Bonchev–Trinajstić information content (AvgIpc) is 2.36. The zero-order valence-electron chi connectivity index (χ0n) is 11.3. The van der Waals surface area contributed by atoms with Crippen molar-refractivity contribution >= 4 is 27.5 Å². The first kappa shape index (κ1) is 15.9. The molecule has 106 valence electrons. The summed E-state index contributed by atoms with van der Waals surface area (Å²) in [5, 5.41) is 2.63. The molecular weight excluding hydrogens is 288 g/mol. The predicted molar refractivity (Wildman–Crippen MR) is 74.9 cm³/mol. The van der Waals surface area contributed by atoms with Gasteiger partial charge in [-0.3, -0.25) is 4.79 Å². The SMILES string of the molecule is CNC(=O)c1cc(S(=O)(=O)N(C)C(C)C)ccc1Cl. The zero-order chi connectivity index (χ0) is 14.8. The van der Waals surface area contributed by atoms with Gasteiger partial charge < -0.3 is 5.32 Å². The smallest absolute Gasteiger partial charge is 0.252 e. The number of nitrogens with zero attached hydrogens (tertiary/aromatic N) is 1. The predicted octanol–water partition coefficient (Wildman–Crippen LogP) is 1.73. The lowest BCUT2D eigenvalue weighted by molar-refractivity contribution is 0.0963. The molecule has 5 nitrogen and oxygen atoms in total. The third kappa shape index (κ3) is 3.26. The first-order chi connectivity index (χ1) is 8.71. The second-order valence-corrected chi connectivity index (χ2v) is 6.74. The van der Waals surface area contributed by atoms with E-state index in [1.165, 1.54) is 36.6 Å². The molecule has 0 saturated heterocycles. The van der Waals surface area contributed by atoms with E-state index in [9.17, 15) is 13.2 Å². The van der Waals surface area contributed by atoms with E-state index in [0.29, 0.717) is 0 Å². The Kier molecular flexibility index (Phi) is 4.95. The van der Waals surface area contributed by atoms with Crippen LogP contribution < -0.4 is 5.32 Å². The summed E-state index contributed by atoms with van der Waals surface area (Å²) in [6.07, 6.45) is 0. The van der Waals surface area contributed by atoms with Gasteiger partial charge in [-0.1, -0.05) is 11.6 Å². The molecule has 0 aromatic heterocycles. The third-order valence-electron chi connectivity index (χ3n) is 2.81. The highest BCUT2D eigenvalue weighted by Gasteiger charge is 2.24. The molecular formula is C12H17ClN2O3S. The minimum absolute atomic E-state index is 0.0479. The van der Waals surface area contributed by atoms with Crippen LogP contribution in [0, 0.1) is 0 Å². The van der Waals surface area contributed by atoms with Gasteiger partial charge in [0.25, 0.3) is 5.91 Å². The van der Waals surface area contributed by atoms with Gasteiger partial charge in [-0.15, -0.1) is 0 Å². The van der Waals surface area contributed by atoms with Crippen LogP contribution in [0.25, 0.3) is 0 Å². The Bertz CT molecular complexity index is 585. The molecule has 1 amide bonds. The number of carbonyl (C=O) groups is 1. The van der Waals surface area contributed by atoms with Crippen LogP contribution in [0.1, 0.15) is 24.2 Å². The molecule has 0 bridgehead atoms. The van der Waals surface area contributed by atoms with Gasteiger partial charge in [0.2, 0.25) is 10.0 Å². The summed E-state index contributed by atoms with van der Waals surface area (Å²) in [5.74, 6) is -0.422. The van der Waals surface area contributed by atoms with Gasteiger partial charge in [0.05, 0.1) is 15.5 Å². The first-order valence-corrected chi connectivity index (χ1v) is 7.53. The van der Waals surface area contributed by atoms with E-state index in [1.54, 1.807) is 13.8 Å². The Balaban J connectivity index is 3.34. The molecule has 0 spiro atoms. The lowest BCUT2D eigenvalue weighted by Crippen LogP contribution is -2.33. The van der Waals surface area contributed by atoms with E-state index in [4.69, 9.17) is 11.6 Å². The molecule has 1 aromatic rings. The number of sulfonamides is 1. The van der Waals surface area contributed by atoms with Gasteiger partial charge in [0.1, 0.15) is 0 Å². The summed E-state index contributed by atoms with van der Waals surface area (Å²) in [6, 6.07) is 3.91. The summed E-state index contributed by atoms with van der Waals surface area (Å²) < 4.78 is 25.8. The van der Waals surface area contributed by atoms with E-state index < -0.39 is 15.9 Å². The minimum Gasteiger partial charge on any atom is -0.355 e.